The molecule has 2 aromatic heterocycles. The van der Waals surface area contributed by atoms with Crippen molar-refractivity contribution in [3.8, 4) is 22.8 Å². The maximum atomic E-state index is 12.9. The number of ether oxygens (including phenoxy) is 2. The number of hydrogen-bond acceptors (Lipinski definition) is 7. The minimum atomic E-state index is -0.255. The van der Waals surface area contributed by atoms with Gasteiger partial charge in [0.05, 0.1) is 25.5 Å². The number of nitrogens with zero attached hydrogens (tertiary/aromatic N) is 2. The molecule has 2 heterocycles. The van der Waals surface area contributed by atoms with E-state index < -0.39 is 0 Å². The van der Waals surface area contributed by atoms with Crippen molar-refractivity contribution in [1.29, 1.82) is 0 Å². The van der Waals surface area contributed by atoms with Crippen LogP contribution in [-0.2, 0) is 0 Å². The standard InChI is InChI=1S/C23H19N3O3S2/c1-28-15-10-11-17(20(13-15)29-2)19-14-30-23(25-19)26-21(27)18-9-6-12-24-22(18)31-16-7-4-3-5-8-16/h3-14H,1-2H3,(H,25,26,27). The molecule has 1 amide bonds. The van der Waals surface area contributed by atoms with Gasteiger partial charge in [-0.2, -0.15) is 0 Å². The Bertz CT molecular complexity index is 1200. The third-order valence-corrected chi connectivity index (χ3v) is 6.17. The van der Waals surface area contributed by atoms with Crippen LogP contribution in [0.15, 0.2) is 82.2 Å². The van der Waals surface area contributed by atoms with E-state index in [9.17, 15) is 4.79 Å². The molecule has 0 saturated heterocycles. The zero-order valence-electron chi connectivity index (χ0n) is 16.9. The van der Waals surface area contributed by atoms with Crippen LogP contribution < -0.4 is 14.8 Å². The Morgan fingerprint density at radius 3 is 2.65 bits per heavy atom. The maximum Gasteiger partial charge on any atom is 0.260 e. The lowest BCUT2D eigenvalue weighted by Gasteiger charge is -2.09. The number of rotatable bonds is 7. The van der Waals surface area contributed by atoms with Crippen LogP contribution in [0.5, 0.6) is 11.5 Å². The maximum absolute atomic E-state index is 12.9. The molecule has 31 heavy (non-hydrogen) atoms. The van der Waals surface area contributed by atoms with Crippen LogP contribution in [0.4, 0.5) is 5.13 Å². The quantitative estimate of drug-likeness (QED) is 0.394. The highest BCUT2D eigenvalue weighted by Gasteiger charge is 2.17. The minimum Gasteiger partial charge on any atom is -0.497 e. The molecular formula is C23H19N3O3S2. The van der Waals surface area contributed by atoms with Crippen molar-refractivity contribution >= 4 is 34.1 Å². The molecule has 0 bridgehead atoms. The van der Waals surface area contributed by atoms with Crippen LogP contribution in [0.25, 0.3) is 11.3 Å². The van der Waals surface area contributed by atoms with Crippen LogP contribution in [0.1, 0.15) is 10.4 Å². The summed E-state index contributed by atoms with van der Waals surface area (Å²) >= 11 is 2.80. The van der Waals surface area contributed by atoms with Gasteiger partial charge in [0.25, 0.3) is 5.91 Å². The highest BCUT2D eigenvalue weighted by molar-refractivity contribution is 7.99. The number of thiazole rings is 1. The zero-order valence-corrected chi connectivity index (χ0v) is 18.5. The summed E-state index contributed by atoms with van der Waals surface area (Å²) in [6, 6.07) is 18.9. The lowest BCUT2D eigenvalue weighted by atomic mass is 10.1. The monoisotopic (exact) mass is 449 g/mol. The van der Waals surface area contributed by atoms with Gasteiger partial charge in [-0.1, -0.05) is 30.0 Å². The number of benzene rings is 2. The van der Waals surface area contributed by atoms with E-state index in [2.05, 4.69) is 15.3 Å². The van der Waals surface area contributed by atoms with Crippen molar-refractivity contribution in [3.63, 3.8) is 0 Å². The third kappa shape index (κ3) is 4.87. The van der Waals surface area contributed by atoms with Gasteiger partial charge in [0.15, 0.2) is 5.13 Å². The van der Waals surface area contributed by atoms with Crippen molar-refractivity contribution in [3.05, 3.63) is 77.8 Å². The Kier molecular flexibility index (Phi) is 6.49. The van der Waals surface area contributed by atoms with Crippen molar-refractivity contribution in [1.82, 2.24) is 9.97 Å². The molecule has 2 aromatic carbocycles. The number of hydrogen-bond donors (Lipinski definition) is 1. The molecule has 0 saturated carbocycles. The predicted octanol–water partition coefficient (Wildman–Crippen LogP) is 5.63. The Morgan fingerprint density at radius 1 is 1.03 bits per heavy atom. The number of amides is 1. The summed E-state index contributed by atoms with van der Waals surface area (Å²) in [6.07, 6.45) is 1.68. The van der Waals surface area contributed by atoms with Crippen molar-refractivity contribution in [2.24, 2.45) is 0 Å². The lowest BCUT2D eigenvalue weighted by molar-refractivity contribution is 0.102. The molecule has 0 fully saturated rings. The van der Waals surface area contributed by atoms with E-state index in [1.807, 2.05) is 47.8 Å². The molecule has 1 N–H and O–H groups in total. The number of nitrogens with one attached hydrogen (secondary N) is 1. The van der Waals surface area contributed by atoms with E-state index >= 15 is 0 Å². The largest absolute Gasteiger partial charge is 0.497 e. The summed E-state index contributed by atoms with van der Waals surface area (Å²) in [5.74, 6) is 1.09. The van der Waals surface area contributed by atoms with Gasteiger partial charge in [0.1, 0.15) is 16.5 Å². The van der Waals surface area contributed by atoms with Gasteiger partial charge in [-0.3, -0.25) is 10.1 Å². The average Bonchev–Trinajstić information content (AvgIpc) is 3.27. The molecule has 0 spiro atoms. The molecule has 0 aliphatic rings. The summed E-state index contributed by atoms with van der Waals surface area (Å²) in [5, 5.41) is 5.90. The highest BCUT2D eigenvalue weighted by atomic mass is 32.2. The molecule has 0 atom stereocenters. The topological polar surface area (TPSA) is 73.3 Å². The number of pyridine rings is 1. The van der Waals surface area contributed by atoms with Gasteiger partial charge in [-0.15, -0.1) is 11.3 Å². The Balaban J connectivity index is 1.54. The van der Waals surface area contributed by atoms with Gasteiger partial charge in [0, 0.05) is 28.1 Å². The Morgan fingerprint density at radius 2 is 1.87 bits per heavy atom. The van der Waals surface area contributed by atoms with Crippen LogP contribution in [0.2, 0.25) is 0 Å². The molecule has 4 aromatic rings. The zero-order chi connectivity index (χ0) is 21.6. The first-order valence-electron chi connectivity index (χ1n) is 9.35. The second-order valence-corrected chi connectivity index (χ2v) is 8.25. The third-order valence-electron chi connectivity index (χ3n) is 4.38. The summed E-state index contributed by atoms with van der Waals surface area (Å²) in [7, 11) is 3.20. The summed E-state index contributed by atoms with van der Waals surface area (Å²) in [4.78, 5) is 22.9. The molecule has 0 aliphatic carbocycles. The summed E-state index contributed by atoms with van der Waals surface area (Å²) < 4.78 is 10.7. The van der Waals surface area contributed by atoms with Gasteiger partial charge in [0.2, 0.25) is 0 Å². The second-order valence-electron chi connectivity index (χ2n) is 6.33. The van der Waals surface area contributed by atoms with Crippen LogP contribution >= 0.6 is 23.1 Å². The van der Waals surface area contributed by atoms with Gasteiger partial charge >= 0.3 is 0 Å². The molecule has 0 aliphatic heterocycles. The summed E-state index contributed by atoms with van der Waals surface area (Å²) in [6.45, 7) is 0. The second kappa shape index (κ2) is 9.63. The number of carbonyl (C=O) groups excluding carboxylic acids is 1. The lowest BCUT2D eigenvalue weighted by Crippen LogP contribution is -2.13. The molecule has 156 valence electrons. The number of anilines is 1. The molecule has 6 nitrogen and oxygen atoms in total. The smallest absolute Gasteiger partial charge is 0.260 e. The van der Waals surface area contributed by atoms with E-state index in [0.717, 1.165) is 10.5 Å². The SMILES string of the molecule is COc1ccc(-c2csc(NC(=O)c3cccnc3Sc3ccccc3)n2)c(OC)c1. The Hall–Kier alpha value is -3.36. The molecule has 8 heteroatoms. The van der Waals surface area contributed by atoms with Gasteiger partial charge in [-0.25, -0.2) is 9.97 Å². The fourth-order valence-corrected chi connectivity index (χ4v) is 4.48. The van der Waals surface area contributed by atoms with E-state index in [1.165, 1.54) is 23.1 Å². The van der Waals surface area contributed by atoms with Crippen LogP contribution in [-0.4, -0.2) is 30.1 Å². The normalized spacial score (nSPS) is 10.5. The minimum absolute atomic E-state index is 0.255. The van der Waals surface area contributed by atoms with Crippen LogP contribution in [0, 0.1) is 0 Å². The van der Waals surface area contributed by atoms with Crippen molar-refractivity contribution in [2.45, 2.75) is 9.92 Å². The van der Waals surface area contributed by atoms with E-state index in [1.54, 1.807) is 38.6 Å². The first-order valence-corrected chi connectivity index (χ1v) is 11.0. The average molecular weight is 450 g/mol. The number of carbonyl (C=O) groups is 1. The van der Waals surface area contributed by atoms with E-state index in [0.29, 0.717) is 32.9 Å². The first-order chi connectivity index (χ1) is 15.2. The number of aromatic nitrogens is 2. The number of methoxy groups -OCH3 is 2. The Labute approximate surface area is 188 Å². The molecule has 0 radical (unpaired) electrons. The van der Waals surface area contributed by atoms with E-state index in [-0.39, 0.29) is 5.91 Å². The molecular weight excluding hydrogens is 430 g/mol. The predicted molar refractivity (Wildman–Crippen MR) is 123 cm³/mol. The van der Waals surface area contributed by atoms with Gasteiger partial charge < -0.3 is 9.47 Å². The van der Waals surface area contributed by atoms with Crippen LogP contribution in [0.3, 0.4) is 0 Å². The first kappa shape index (κ1) is 20.9. The van der Waals surface area contributed by atoms with Crippen molar-refractivity contribution < 1.29 is 14.3 Å². The highest BCUT2D eigenvalue weighted by Crippen LogP contribution is 2.35. The summed E-state index contributed by atoms with van der Waals surface area (Å²) in [5.41, 5.74) is 2.03. The molecule has 4 rings (SSSR count). The van der Waals surface area contributed by atoms with Crippen molar-refractivity contribution in [2.75, 3.05) is 19.5 Å². The fourth-order valence-electron chi connectivity index (χ4n) is 2.87. The fraction of sp³-hybridized carbons (Fsp3) is 0.0870. The van der Waals surface area contributed by atoms with Gasteiger partial charge in [-0.05, 0) is 36.4 Å². The van der Waals surface area contributed by atoms with E-state index in [4.69, 9.17) is 9.47 Å². The molecule has 0 unspecified atom stereocenters.